The summed E-state index contributed by atoms with van der Waals surface area (Å²) in [6, 6.07) is 13.6. The van der Waals surface area contributed by atoms with Gasteiger partial charge in [0.25, 0.3) is 5.91 Å². The first kappa shape index (κ1) is 22.5. The number of carbonyl (C=O) groups excluding carboxylic acids is 1. The lowest BCUT2D eigenvalue weighted by molar-refractivity contribution is 0.0957. The summed E-state index contributed by atoms with van der Waals surface area (Å²) in [5, 5.41) is 3.70. The summed E-state index contributed by atoms with van der Waals surface area (Å²) >= 11 is 1.35. The molecule has 1 N–H and O–H groups in total. The van der Waals surface area contributed by atoms with E-state index in [1.165, 1.54) is 16.9 Å². The zero-order valence-electron chi connectivity index (χ0n) is 19.0. The van der Waals surface area contributed by atoms with Crippen LogP contribution in [-0.2, 0) is 6.42 Å². The number of amides is 1. The molecule has 7 nitrogen and oxygen atoms in total. The van der Waals surface area contributed by atoms with Crippen molar-refractivity contribution in [1.82, 2.24) is 15.3 Å². The van der Waals surface area contributed by atoms with Gasteiger partial charge in [0.1, 0.15) is 16.1 Å². The number of benzene rings is 2. The number of hydrogen-bond acceptors (Lipinski definition) is 7. The van der Waals surface area contributed by atoms with E-state index in [0.717, 1.165) is 21.8 Å². The zero-order valence-corrected chi connectivity index (χ0v) is 19.8. The van der Waals surface area contributed by atoms with Crippen LogP contribution in [0.25, 0.3) is 22.0 Å². The molecule has 2 heterocycles. The van der Waals surface area contributed by atoms with Gasteiger partial charge >= 0.3 is 0 Å². The molecule has 0 aliphatic rings. The molecule has 2 aromatic carbocycles. The van der Waals surface area contributed by atoms with Gasteiger partial charge in [0, 0.05) is 24.1 Å². The number of aromatic nitrogens is 2. The molecular formula is C25H25N3O4S. The van der Waals surface area contributed by atoms with Gasteiger partial charge in [-0.15, -0.1) is 11.3 Å². The number of ether oxygens (including phenoxy) is 2. The molecule has 4 aromatic rings. The Morgan fingerprint density at radius 2 is 1.73 bits per heavy atom. The van der Waals surface area contributed by atoms with Crippen LogP contribution in [0, 0.1) is 13.8 Å². The number of nitrogens with zero attached hydrogens (tertiary/aromatic N) is 2. The standard InChI is InChI=1S/C25H25N3O4S/c1-15-5-7-17(8-6-15)24-28-19(14-32-24)11-12-26-23(29)22-16(2)27-25(33-22)18-9-10-20(30-3)21(13-18)31-4/h5-10,13-14H,11-12H2,1-4H3,(H,26,29). The van der Waals surface area contributed by atoms with Crippen molar-refractivity contribution >= 4 is 17.2 Å². The Labute approximate surface area is 196 Å². The van der Waals surface area contributed by atoms with Crippen LogP contribution in [0.2, 0.25) is 0 Å². The van der Waals surface area contributed by atoms with Gasteiger partial charge in [-0.1, -0.05) is 17.7 Å². The average Bonchev–Trinajstić information content (AvgIpc) is 3.46. The summed E-state index contributed by atoms with van der Waals surface area (Å²) in [4.78, 5) is 22.4. The van der Waals surface area contributed by atoms with Crippen LogP contribution in [0.3, 0.4) is 0 Å². The number of hydrogen-bond donors (Lipinski definition) is 1. The minimum atomic E-state index is -0.154. The van der Waals surface area contributed by atoms with Gasteiger partial charge in [0.15, 0.2) is 11.5 Å². The summed E-state index contributed by atoms with van der Waals surface area (Å²) in [5.74, 6) is 1.69. The van der Waals surface area contributed by atoms with Crippen molar-refractivity contribution in [2.75, 3.05) is 20.8 Å². The highest BCUT2D eigenvalue weighted by molar-refractivity contribution is 7.17. The molecule has 170 valence electrons. The molecule has 0 bridgehead atoms. The zero-order chi connectivity index (χ0) is 23.4. The largest absolute Gasteiger partial charge is 0.493 e. The lowest BCUT2D eigenvalue weighted by Gasteiger charge is -2.08. The van der Waals surface area contributed by atoms with E-state index in [2.05, 4.69) is 15.3 Å². The first-order valence-corrected chi connectivity index (χ1v) is 11.3. The maximum atomic E-state index is 12.8. The first-order chi connectivity index (χ1) is 16.0. The predicted octanol–water partition coefficient (Wildman–Crippen LogP) is 5.07. The molecule has 1 amide bonds. The molecular weight excluding hydrogens is 438 g/mol. The molecule has 0 saturated carbocycles. The second-order valence-corrected chi connectivity index (χ2v) is 8.52. The molecule has 0 aliphatic heterocycles. The fourth-order valence-corrected chi connectivity index (χ4v) is 4.31. The molecule has 0 radical (unpaired) electrons. The highest BCUT2D eigenvalue weighted by atomic mass is 32.1. The van der Waals surface area contributed by atoms with Gasteiger partial charge in [0.2, 0.25) is 5.89 Å². The molecule has 33 heavy (non-hydrogen) atoms. The lowest BCUT2D eigenvalue weighted by atomic mass is 10.1. The Balaban J connectivity index is 1.39. The summed E-state index contributed by atoms with van der Waals surface area (Å²) < 4.78 is 16.2. The Hall–Kier alpha value is -3.65. The van der Waals surface area contributed by atoms with Gasteiger partial charge in [-0.05, 0) is 44.2 Å². The summed E-state index contributed by atoms with van der Waals surface area (Å²) in [5.41, 5.74) is 4.45. The smallest absolute Gasteiger partial charge is 0.263 e. The van der Waals surface area contributed by atoms with Gasteiger partial charge in [0.05, 0.1) is 25.6 Å². The maximum absolute atomic E-state index is 12.8. The molecule has 0 fully saturated rings. The van der Waals surface area contributed by atoms with Crippen molar-refractivity contribution in [2.24, 2.45) is 0 Å². The van der Waals surface area contributed by atoms with E-state index in [9.17, 15) is 4.79 Å². The van der Waals surface area contributed by atoms with Gasteiger partial charge < -0.3 is 19.2 Å². The molecule has 0 unspecified atom stereocenters. The molecule has 4 rings (SSSR count). The highest BCUT2D eigenvalue weighted by Crippen LogP contribution is 2.35. The van der Waals surface area contributed by atoms with Crippen LogP contribution >= 0.6 is 11.3 Å². The second-order valence-electron chi connectivity index (χ2n) is 7.52. The SMILES string of the molecule is COc1ccc(-c2nc(C)c(C(=O)NCCc3coc(-c4ccc(C)cc4)n3)s2)cc1OC. The predicted molar refractivity (Wildman–Crippen MR) is 128 cm³/mol. The normalized spacial score (nSPS) is 10.8. The summed E-state index contributed by atoms with van der Waals surface area (Å²) in [6.45, 7) is 4.32. The number of oxazole rings is 1. The lowest BCUT2D eigenvalue weighted by Crippen LogP contribution is -2.25. The van der Waals surface area contributed by atoms with E-state index in [0.29, 0.717) is 40.9 Å². The Morgan fingerprint density at radius 3 is 2.45 bits per heavy atom. The second kappa shape index (κ2) is 9.87. The molecule has 0 aliphatic carbocycles. The molecule has 0 saturated heterocycles. The number of carbonyl (C=O) groups is 1. The van der Waals surface area contributed by atoms with Gasteiger partial charge in [-0.3, -0.25) is 4.79 Å². The maximum Gasteiger partial charge on any atom is 0.263 e. The number of methoxy groups -OCH3 is 2. The van der Waals surface area contributed by atoms with Crippen molar-refractivity contribution < 1.29 is 18.7 Å². The highest BCUT2D eigenvalue weighted by Gasteiger charge is 2.17. The third kappa shape index (κ3) is 5.06. The molecule has 0 atom stereocenters. The van der Waals surface area contributed by atoms with E-state index in [4.69, 9.17) is 13.9 Å². The van der Waals surface area contributed by atoms with Crippen LogP contribution in [0.1, 0.15) is 26.6 Å². The minimum Gasteiger partial charge on any atom is -0.493 e. The quantitative estimate of drug-likeness (QED) is 0.393. The van der Waals surface area contributed by atoms with Crippen LogP contribution in [0.4, 0.5) is 0 Å². The number of nitrogens with one attached hydrogen (secondary N) is 1. The fourth-order valence-electron chi connectivity index (χ4n) is 3.33. The molecule has 8 heteroatoms. The number of rotatable bonds is 8. The van der Waals surface area contributed by atoms with Crippen molar-refractivity contribution in [3.05, 3.63) is 70.6 Å². The third-order valence-electron chi connectivity index (χ3n) is 5.15. The molecule has 0 spiro atoms. The monoisotopic (exact) mass is 463 g/mol. The van der Waals surface area contributed by atoms with Crippen molar-refractivity contribution in [3.8, 4) is 33.5 Å². The summed E-state index contributed by atoms with van der Waals surface area (Å²) in [6.07, 6.45) is 2.20. The summed E-state index contributed by atoms with van der Waals surface area (Å²) in [7, 11) is 3.18. The van der Waals surface area contributed by atoms with E-state index >= 15 is 0 Å². The minimum absolute atomic E-state index is 0.154. The van der Waals surface area contributed by atoms with E-state index < -0.39 is 0 Å². The number of aryl methyl sites for hydroxylation is 2. The van der Waals surface area contributed by atoms with Crippen molar-refractivity contribution in [3.63, 3.8) is 0 Å². The topological polar surface area (TPSA) is 86.5 Å². The van der Waals surface area contributed by atoms with Crippen LogP contribution in [0.15, 0.2) is 53.1 Å². The first-order valence-electron chi connectivity index (χ1n) is 10.5. The van der Waals surface area contributed by atoms with Crippen molar-refractivity contribution in [2.45, 2.75) is 20.3 Å². The van der Waals surface area contributed by atoms with Gasteiger partial charge in [-0.2, -0.15) is 0 Å². The van der Waals surface area contributed by atoms with Crippen molar-refractivity contribution in [1.29, 1.82) is 0 Å². The Bertz CT molecular complexity index is 1260. The Kier molecular flexibility index (Phi) is 6.74. The Morgan fingerprint density at radius 1 is 1.00 bits per heavy atom. The fraction of sp³-hybridized carbons (Fsp3) is 0.240. The van der Waals surface area contributed by atoms with E-state index in [-0.39, 0.29) is 5.91 Å². The van der Waals surface area contributed by atoms with Crippen LogP contribution < -0.4 is 14.8 Å². The van der Waals surface area contributed by atoms with Crippen LogP contribution in [-0.4, -0.2) is 36.6 Å². The van der Waals surface area contributed by atoms with E-state index in [1.54, 1.807) is 20.5 Å². The third-order valence-corrected chi connectivity index (χ3v) is 6.36. The average molecular weight is 464 g/mol. The van der Waals surface area contributed by atoms with E-state index in [1.807, 2.05) is 56.3 Å². The van der Waals surface area contributed by atoms with Crippen LogP contribution in [0.5, 0.6) is 11.5 Å². The van der Waals surface area contributed by atoms with Gasteiger partial charge in [-0.25, -0.2) is 9.97 Å². The molecule has 2 aromatic heterocycles. The number of thiazole rings is 1.